The van der Waals surface area contributed by atoms with Gasteiger partial charge in [0.05, 0.1) is 17.0 Å². The lowest BCUT2D eigenvalue weighted by Crippen LogP contribution is -2.18. The number of hydrogen-bond acceptors (Lipinski definition) is 6. The van der Waals surface area contributed by atoms with Crippen LogP contribution < -0.4 is 5.32 Å². The number of nitrogens with one attached hydrogen (secondary N) is 1. The van der Waals surface area contributed by atoms with Crippen LogP contribution in [0.4, 0.5) is 18.9 Å². The van der Waals surface area contributed by atoms with Gasteiger partial charge < -0.3 is 14.8 Å². The molecule has 3 aromatic rings. The van der Waals surface area contributed by atoms with Crippen molar-refractivity contribution in [2.75, 3.05) is 11.1 Å². The topological polar surface area (TPSA) is 88.2 Å². The summed E-state index contributed by atoms with van der Waals surface area (Å²) in [6.07, 6.45) is -4.57. The van der Waals surface area contributed by atoms with Crippen molar-refractivity contribution in [3.8, 4) is 17.2 Å². The Labute approximate surface area is 155 Å². The van der Waals surface area contributed by atoms with Crippen LogP contribution in [0.3, 0.4) is 0 Å². The predicted octanol–water partition coefficient (Wildman–Crippen LogP) is 4.19. The molecular weight excluding hydrogens is 383 g/mol. The van der Waals surface area contributed by atoms with Gasteiger partial charge >= 0.3 is 6.18 Å². The Morgan fingerprint density at radius 1 is 1.15 bits per heavy atom. The molecule has 0 atom stereocenters. The molecule has 0 aliphatic rings. The maximum atomic E-state index is 12.9. The standard InChI is InChI=1S/C17H12F3N3O3S/c18-17(19,20)12-6-1-2-7-13(12)21-14(25)9-27-16-23-22-15(26-16)10-4-3-5-11(24)8-10/h1-8,24H,9H2,(H,21,25). The molecular formula is C17H12F3N3O3S. The molecule has 2 N–H and O–H groups in total. The number of benzene rings is 2. The number of carbonyl (C=O) groups excluding carboxylic acids is 1. The fourth-order valence-electron chi connectivity index (χ4n) is 2.18. The second-order valence-corrected chi connectivity index (χ2v) is 6.23. The summed E-state index contributed by atoms with van der Waals surface area (Å²) in [6, 6.07) is 10.9. The fourth-order valence-corrected chi connectivity index (χ4v) is 2.74. The number of aromatic hydroxyl groups is 1. The summed E-state index contributed by atoms with van der Waals surface area (Å²) < 4.78 is 44.2. The van der Waals surface area contributed by atoms with Gasteiger partial charge in [-0.3, -0.25) is 4.79 Å². The van der Waals surface area contributed by atoms with E-state index in [0.717, 1.165) is 17.8 Å². The highest BCUT2D eigenvalue weighted by molar-refractivity contribution is 7.99. The van der Waals surface area contributed by atoms with Crippen molar-refractivity contribution < 1.29 is 27.5 Å². The van der Waals surface area contributed by atoms with Crippen molar-refractivity contribution in [1.82, 2.24) is 10.2 Å². The number of para-hydroxylation sites is 1. The molecule has 0 aliphatic heterocycles. The van der Waals surface area contributed by atoms with Gasteiger partial charge in [-0.1, -0.05) is 30.0 Å². The van der Waals surface area contributed by atoms with Crippen LogP contribution in [0.2, 0.25) is 0 Å². The number of halogens is 3. The Balaban J connectivity index is 1.62. The number of alkyl halides is 3. The molecule has 27 heavy (non-hydrogen) atoms. The molecule has 3 rings (SSSR count). The number of amides is 1. The average molecular weight is 395 g/mol. The van der Waals surface area contributed by atoms with Gasteiger partial charge in [-0.05, 0) is 30.3 Å². The third kappa shape index (κ3) is 4.79. The van der Waals surface area contributed by atoms with Gasteiger partial charge in [-0.25, -0.2) is 0 Å². The lowest BCUT2D eigenvalue weighted by atomic mass is 10.1. The van der Waals surface area contributed by atoms with Crippen molar-refractivity contribution in [1.29, 1.82) is 0 Å². The van der Waals surface area contributed by atoms with Crippen LogP contribution >= 0.6 is 11.8 Å². The summed E-state index contributed by atoms with van der Waals surface area (Å²) in [5.41, 5.74) is -0.744. The van der Waals surface area contributed by atoms with Gasteiger partial charge in [0.25, 0.3) is 5.22 Å². The first-order valence-corrected chi connectivity index (χ1v) is 8.53. The van der Waals surface area contributed by atoms with Gasteiger partial charge in [0.1, 0.15) is 5.75 Å². The lowest BCUT2D eigenvalue weighted by molar-refractivity contribution is -0.137. The maximum absolute atomic E-state index is 12.9. The normalized spacial score (nSPS) is 11.4. The molecule has 6 nitrogen and oxygen atoms in total. The Morgan fingerprint density at radius 2 is 1.93 bits per heavy atom. The minimum absolute atomic E-state index is 0.0302. The molecule has 0 aliphatic carbocycles. The Kier molecular flexibility index (Phi) is 5.36. The maximum Gasteiger partial charge on any atom is 0.418 e. The van der Waals surface area contributed by atoms with E-state index in [1.54, 1.807) is 12.1 Å². The summed E-state index contributed by atoms with van der Waals surface area (Å²) in [5.74, 6) is -0.680. The average Bonchev–Trinajstić information content (AvgIpc) is 3.09. The van der Waals surface area contributed by atoms with Crippen molar-refractivity contribution in [3.05, 3.63) is 54.1 Å². The van der Waals surface area contributed by atoms with Crippen LogP contribution in [0.5, 0.6) is 5.75 Å². The van der Waals surface area contributed by atoms with Gasteiger partial charge in [-0.2, -0.15) is 13.2 Å². The summed E-state index contributed by atoms with van der Waals surface area (Å²) in [4.78, 5) is 12.0. The number of nitrogens with zero attached hydrogens (tertiary/aromatic N) is 2. The minimum atomic E-state index is -4.57. The summed E-state index contributed by atoms with van der Waals surface area (Å²) in [7, 11) is 0. The Bertz CT molecular complexity index is 960. The van der Waals surface area contributed by atoms with Crippen LogP contribution in [-0.4, -0.2) is 27.0 Å². The van der Waals surface area contributed by atoms with E-state index in [1.165, 1.54) is 30.3 Å². The Morgan fingerprint density at radius 3 is 2.67 bits per heavy atom. The van der Waals surface area contributed by atoms with E-state index in [9.17, 15) is 23.1 Å². The molecule has 0 unspecified atom stereocenters. The molecule has 10 heteroatoms. The molecule has 1 amide bonds. The second kappa shape index (κ2) is 7.70. The van der Waals surface area contributed by atoms with E-state index in [-0.39, 0.29) is 28.3 Å². The zero-order valence-corrected chi connectivity index (χ0v) is 14.3. The van der Waals surface area contributed by atoms with Crippen LogP contribution in [0, 0.1) is 0 Å². The van der Waals surface area contributed by atoms with E-state index < -0.39 is 17.6 Å². The smallest absolute Gasteiger partial charge is 0.418 e. The minimum Gasteiger partial charge on any atom is -0.508 e. The Hall–Kier alpha value is -3.01. The van der Waals surface area contributed by atoms with E-state index in [4.69, 9.17) is 4.42 Å². The first kappa shape index (κ1) is 18.8. The SMILES string of the molecule is O=C(CSc1nnc(-c2cccc(O)c2)o1)Nc1ccccc1C(F)(F)F. The third-order valence-electron chi connectivity index (χ3n) is 3.33. The van der Waals surface area contributed by atoms with Crippen LogP contribution in [0.15, 0.2) is 58.2 Å². The molecule has 2 aromatic carbocycles. The molecule has 0 fully saturated rings. The molecule has 0 bridgehead atoms. The zero-order valence-electron chi connectivity index (χ0n) is 13.5. The molecule has 1 heterocycles. The summed E-state index contributed by atoms with van der Waals surface area (Å²) in [6.45, 7) is 0. The quantitative estimate of drug-likeness (QED) is 0.630. The highest BCUT2D eigenvalue weighted by Crippen LogP contribution is 2.34. The number of anilines is 1. The fraction of sp³-hybridized carbons (Fsp3) is 0.118. The van der Waals surface area contributed by atoms with Crippen molar-refractivity contribution >= 4 is 23.4 Å². The monoisotopic (exact) mass is 395 g/mol. The molecule has 1 aromatic heterocycles. The van der Waals surface area contributed by atoms with Crippen LogP contribution in [0.1, 0.15) is 5.56 Å². The van der Waals surface area contributed by atoms with Crippen molar-refractivity contribution in [3.63, 3.8) is 0 Å². The zero-order chi connectivity index (χ0) is 19.4. The summed E-state index contributed by atoms with van der Waals surface area (Å²) >= 11 is 0.885. The summed E-state index contributed by atoms with van der Waals surface area (Å²) in [5, 5.41) is 19.3. The lowest BCUT2D eigenvalue weighted by Gasteiger charge is -2.13. The number of rotatable bonds is 5. The van der Waals surface area contributed by atoms with Gasteiger partial charge in [0.15, 0.2) is 0 Å². The predicted molar refractivity (Wildman–Crippen MR) is 92.2 cm³/mol. The first-order valence-electron chi connectivity index (χ1n) is 7.55. The third-order valence-corrected chi connectivity index (χ3v) is 4.15. The highest BCUT2D eigenvalue weighted by atomic mass is 32.2. The van der Waals surface area contributed by atoms with Gasteiger partial charge in [-0.15, -0.1) is 10.2 Å². The first-order chi connectivity index (χ1) is 12.8. The van der Waals surface area contributed by atoms with E-state index in [1.807, 2.05) is 0 Å². The highest BCUT2D eigenvalue weighted by Gasteiger charge is 2.33. The van der Waals surface area contributed by atoms with Crippen LogP contribution in [0.25, 0.3) is 11.5 Å². The number of phenols is 1. The molecule has 0 spiro atoms. The number of hydrogen-bond donors (Lipinski definition) is 2. The molecule has 140 valence electrons. The van der Waals surface area contributed by atoms with E-state index >= 15 is 0 Å². The van der Waals surface area contributed by atoms with Crippen molar-refractivity contribution in [2.24, 2.45) is 0 Å². The molecule has 0 radical (unpaired) electrons. The van der Waals surface area contributed by atoms with Gasteiger partial charge in [0.2, 0.25) is 11.8 Å². The number of phenolic OH excluding ortho intramolecular Hbond substituents is 1. The number of aromatic nitrogens is 2. The molecule has 0 saturated carbocycles. The second-order valence-electron chi connectivity index (χ2n) is 5.30. The largest absolute Gasteiger partial charge is 0.508 e. The van der Waals surface area contributed by atoms with E-state index in [0.29, 0.717) is 5.56 Å². The van der Waals surface area contributed by atoms with Crippen molar-refractivity contribution in [2.45, 2.75) is 11.4 Å². The number of carbonyl (C=O) groups is 1. The van der Waals surface area contributed by atoms with E-state index in [2.05, 4.69) is 15.5 Å². The van der Waals surface area contributed by atoms with Gasteiger partial charge in [0, 0.05) is 5.56 Å². The van der Waals surface area contributed by atoms with Crippen LogP contribution in [-0.2, 0) is 11.0 Å². The number of thioether (sulfide) groups is 1. The molecule has 0 saturated heterocycles.